The van der Waals surface area contributed by atoms with Crippen molar-refractivity contribution in [2.24, 2.45) is 11.7 Å². The van der Waals surface area contributed by atoms with E-state index in [1.54, 1.807) is 23.1 Å². The van der Waals surface area contributed by atoms with Gasteiger partial charge in [-0.1, -0.05) is 17.7 Å². The molecular weight excluding hydrogens is 337 g/mol. The topological polar surface area (TPSA) is 75.4 Å². The minimum atomic E-state index is -0.163. The maximum Gasteiger partial charge on any atom is 0.254 e. The average Bonchev–Trinajstić information content (AvgIpc) is 2.54. The summed E-state index contributed by atoms with van der Waals surface area (Å²) in [5.74, 6) is -0.245. The molecule has 3 N–H and O–H groups in total. The number of nitrogens with one attached hydrogen (secondary N) is 1. The van der Waals surface area contributed by atoms with Gasteiger partial charge in [0, 0.05) is 36.8 Å². The molecule has 1 aromatic rings. The zero-order valence-corrected chi connectivity index (χ0v) is 14.8. The molecule has 23 heavy (non-hydrogen) atoms. The molecule has 1 fully saturated rings. The van der Waals surface area contributed by atoms with E-state index in [0.29, 0.717) is 36.8 Å². The highest BCUT2D eigenvalue weighted by atomic mass is 35.5. The molecular formula is C16H23Cl2N3O2. The number of amides is 2. The van der Waals surface area contributed by atoms with Gasteiger partial charge in [-0.25, -0.2) is 0 Å². The van der Waals surface area contributed by atoms with Crippen LogP contribution in [-0.4, -0.2) is 42.9 Å². The number of hydrogen-bond donors (Lipinski definition) is 2. The van der Waals surface area contributed by atoms with E-state index in [1.807, 2.05) is 6.92 Å². The molecule has 1 heterocycles. The molecule has 7 heteroatoms. The lowest BCUT2D eigenvalue weighted by atomic mass is 9.96. The molecule has 0 spiro atoms. The second-order valence-corrected chi connectivity index (χ2v) is 5.99. The molecule has 128 valence electrons. The molecule has 2 rings (SSSR count). The summed E-state index contributed by atoms with van der Waals surface area (Å²) in [5, 5.41) is 3.38. The third kappa shape index (κ3) is 4.83. The summed E-state index contributed by atoms with van der Waals surface area (Å²) in [4.78, 5) is 26.5. The Morgan fingerprint density at radius 2 is 2.17 bits per heavy atom. The maximum absolute atomic E-state index is 12.7. The number of hydrogen-bond acceptors (Lipinski definition) is 3. The second kappa shape index (κ2) is 9.11. The Hall–Kier alpha value is -1.30. The van der Waals surface area contributed by atoms with Crippen molar-refractivity contribution in [1.29, 1.82) is 0 Å². The van der Waals surface area contributed by atoms with Crippen LogP contribution in [-0.2, 0) is 4.79 Å². The van der Waals surface area contributed by atoms with Crippen molar-refractivity contribution in [3.63, 3.8) is 0 Å². The Labute approximate surface area is 148 Å². The van der Waals surface area contributed by atoms with Crippen LogP contribution in [0.15, 0.2) is 18.2 Å². The van der Waals surface area contributed by atoms with E-state index in [4.69, 9.17) is 17.3 Å². The van der Waals surface area contributed by atoms with E-state index in [9.17, 15) is 9.59 Å². The molecule has 0 saturated carbocycles. The number of likely N-dealkylation sites (tertiary alicyclic amines) is 1. The summed E-state index contributed by atoms with van der Waals surface area (Å²) < 4.78 is 0. The van der Waals surface area contributed by atoms with Crippen LogP contribution in [0.3, 0.4) is 0 Å². The lowest BCUT2D eigenvalue weighted by molar-refractivity contribution is -0.126. The van der Waals surface area contributed by atoms with Gasteiger partial charge < -0.3 is 16.0 Å². The van der Waals surface area contributed by atoms with E-state index in [0.717, 1.165) is 18.4 Å². The van der Waals surface area contributed by atoms with Gasteiger partial charge in [0.25, 0.3) is 5.91 Å². The molecule has 1 saturated heterocycles. The van der Waals surface area contributed by atoms with Gasteiger partial charge in [-0.05, 0) is 37.5 Å². The third-order valence-electron chi connectivity index (χ3n) is 4.02. The zero-order valence-electron chi connectivity index (χ0n) is 13.2. The Bertz CT molecular complexity index is 566. The van der Waals surface area contributed by atoms with E-state index in [2.05, 4.69) is 5.32 Å². The summed E-state index contributed by atoms with van der Waals surface area (Å²) in [6, 6.07) is 5.33. The molecule has 0 aliphatic carbocycles. The van der Waals surface area contributed by atoms with Crippen LogP contribution in [0.1, 0.15) is 28.8 Å². The smallest absolute Gasteiger partial charge is 0.254 e. The maximum atomic E-state index is 12.7. The van der Waals surface area contributed by atoms with Crippen molar-refractivity contribution in [3.8, 4) is 0 Å². The SMILES string of the molecule is Cc1c(Cl)cccc1C(=O)N1CCCC(C(=O)NCCN)C1.Cl. The van der Waals surface area contributed by atoms with Crippen molar-refractivity contribution in [3.05, 3.63) is 34.3 Å². The number of nitrogens with two attached hydrogens (primary N) is 1. The predicted molar refractivity (Wildman–Crippen MR) is 94.1 cm³/mol. The van der Waals surface area contributed by atoms with Gasteiger partial charge in [0.15, 0.2) is 0 Å². The van der Waals surface area contributed by atoms with Crippen molar-refractivity contribution >= 4 is 35.8 Å². The van der Waals surface area contributed by atoms with Crippen molar-refractivity contribution in [2.75, 3.05) is 26.2 Å². The van der Waals surface area contributed by atoms with Gasteiger partial charge >= 0.3 is 0 Å². The van der Waals surface area contributed by atoms with Crippen molar-refractivity contribution in [1.82, 2.24) is 10.2 Å². The van der Waals surface area contributed by atoms with E-state index in [1.165, 1.54) is 0 Å². The lowest BCUT2D eigenvalue weighted by Crippen LogP contribution is -2.46. The van der Waals surface area contributed by atoms with Crippen molar-refractivity contribution < 1.29 is 9.59 Å². The molecule has 2 amide bonds. The van der Waals surface area contributed by atoms with Crippen LogP contribution in [0.5, 0.6) is 0 Å². The largest absolute Gasteiger partial charge is 0.355 e. The summed E-state index contributed by atoms with van der Waals surface area (Å²) in [6.45, 7) is 3.84. The van der Waals surface area contributed by atoms with Crippen LogP contribution in [0.2, 0.25) is 5.02 Å². The predicted octanol–water partition coefficient (Wildman–Crippen LogP) is 2.00. The summed E-state index contributed by atoms with van der Waals surface area (Å²) in [6.07, 6.45) is 1.63. The Balaban J connectivity index is 0.00000264. The number of carbonyl (C=O) groups excluding carboxylic acids is 2. The van der Waals surface area contributed by atoms with Gasteiger partial charge in [-0.2, -0.15) is 0 Å². The lowest BCUT2D eigenvalue weighted by Gasteiger charge is -2.32. The monoisotopic (exact) mass is 359 g/mol. The van der Waals surface area contributed by atoms with Crippen LogP contribution in [0, 0.1) is 12.8 Å². The fourth-order valence-electron chi connectivity index (χ4n) is 2.72. The summed E-state index contributed by atoms with van der Waals surface area (Å²) >= 11 is 6.09. The minimum absolute atomic E-state index is 0. The fourth-order valence-corrected chi connectivity index (χ4v) is 2.90. The molecule has 5 nitrogen and oxygen atoms in total. The Morgan fingerprint density at radius 1 is 1.43 bits per heavy atom. The van der Waals surface area contributed by atoms with Crippen LogP contribution in [0.25, 0.3) is 0 Å². The molecule has 1 aromatic carbocycles. The molecule has 1 aliphatic heterocycles. The number of carbonyl (C=O) groups is 2. The van der Waals surface area contributed by atoms with Crippen LogP contribution >= 0.6 is 24.0 Å². The molecule has 1 aliphatic rings. The first kappa shape index (κ1) is 19.7. The first-order chi connectivity index (χ1) is 10.5. The van der Waals surface area contributed by atoms with Crippen LogP contribution < -0.4 is 11.1 Å². The number of nitrogens with zero attached hydrogens (tertiary/aromatic N) is 1. The first-order valence-electron chi connectivity index (χ1n) is 7.56. The first-order valence-corrected chi connectivity index (χ1v) is 7.94. The van der Waals surface area contributed by atoms with Gasteiger partial charge in [-0.15, -0.1) is 12.4 Å². The normalized spacial score (nSPS) is 17.3. The third-order valence-corrected chi connectivity index (χ3v) is 4.43. The minimum Gasteiger partial charge on any atom is -0.355 e. The van der Waals surface area contributed by atoms with E-state index >= 15 is 0 Å². The standard InChI is InChI=1S/C16H22ClN3O2.ClH/c1-11-13(5-2-6-14(11)17)16(22)20-9-3-4-12(10-20)15(21)19-8-7-18;/h2,5-6,12H,3-4,7-10,18H2,1H3,(H,19,21);1H. The molecule has 1 atom stereocenters. The zero-order chi connectivity index (χ0) is 16.1. The Morgan fingerprint density at radius 3 is 2.87 bits per heavy atom. The van der Waals surface area contributed by atoms with Crippen molar-refractivity contribution in [2.45, 2.75) is 19.8 Å². The number of piperidine rings is 1. The quantitative estimate of drug-likeness (QED) is 0.862. The summed E-state index contributed by atoms with van der Waals surface area (Å²) in [7, 11) is 0. The molecule has 0 aromatic heterocycles. The summed E-state index contributed by atoms with van der Waals surface area (Å²) in [5.41, 5.74) is 6.79. The number of rotatable bonds is 4. The highest BCUT2D eigenvalue weighted by Crippen LogP contribution is 2.23. The van der Waals surface area contributed by atoms with E-state index < -0.39 is 0 Å². The molecule has 0 radical (unpaired) electrons. The van der Waals surface area contributed by atoms with Gasteiger partial charge in [0.05, 0.1) is 5.92 Å². The average molecular weight is 360 g/mol. The Kier molecular flexibility index (Phi) is 7.82. The van der Waals surface area contributed by atoms with Gasteiger partial charge in [0.1, 0.15) is 0 Å². The highest BCUT2D eigenvalue weighted by Gasteiger charge is 2.29. The second-order valence-electron chi connectivity index (χ2n) is 5.58. The fraction of sp³-hybridized carbons (Fsp3) is 0.500. The number of benzene rings is 1. The highest BCUT2D eigenvalue weighted by molar-refractivity contribution is 6.31. The molecule has 1 unspecified atom stereocenters. The van der Waals surface area contributed by atoms with Gasteiger partial charge in [0.2, 0.25) is 5.91 Å². The van der Waals surface area contributed by atoms with E-state index in [-0.39, 0.29) is 30.1 Å². The van der Waals surface area contributed by atoms with Gasteiger partial charge in [-0.3, -0.25) is 9.59 Å². The van der Waals surface area contributed by atoms with Crippen LogP contribution in [0.4, 0.5) is 0 Å². The molecule has 0 bridgehead atoms. The number of halogens is 2.